The van der Waals surface area contributed by atoms with Gasteiger partial charge in [0.1, 0.15) is 5.39 Å². The molecule has 3 aromatic rings. The fraction of sp³-hybridized carbons (Fsp3) is 0.0909. The first-order valence-corrected chi connectivity index (χ1v) is 5.29. The number of hydrogen-bond acceptors (Lipinski definition) is 4. The number of para-hydroxylation sites is 1. The number of benzene rings is 1. The Morgan fingerprint density at radius 3 is 2.67 bits per heavy atom. The van der Waals surface area contributed by atoms with Crippen molar-refractivity contribution >= 4 is 16.9 Å². The largest absolute Gasteiger partial charge is 0.401 e. The zero-order chi connectivity index (χ0) is 12.7. The molecule has 0 N–H and O–H groups in total. The van der Waals surface area contributed by atoms with E-state index in [-0.39, 0.29) is 5.82 Å². The normalized spacial score (nSPS) is 10.9. The Morgan fingerprint density at radius 2 is 2.00 bits per heavy atom. The lowest BCUT2D eigenvalue weighted by molar-refractivity contribution is -0.388. The first-order valence-electron chi connectivity index (χ1n) is 5.29. The van der Waals surface area contributed by atoms with E-state index in [1.54, 1.807) is 11.7 Å². The van der Waals surface area contributed by atoms with E-state index in [0.29, 0.717) is 11.0 Å². The average Bonchev–Trinajstić information content (AvgIpc) is 2.92. The van der Waals surface area contributed by atoms with E-state index < -0.39 is 4.92 Å². The third-order valence-corrected chi connectivity index (χ3v) is 2.71. The third-order valence-electron chi connectivity index (χ3n) is 2.71. The van der Waals surface area contributed by atoms with E-state index in [4.69, 9.17) is 0 Å². The molecule has 7 nitrogen and oxygen atoms in total. The van der Waals surface area contributed by atoms with Gasteiger partial charge in [-0.25, -0.2) is 4.68 Å². The molecule has 0 aliphatic carbocycles. The minimum absolute atomic E-state index is 0.172. The number of rotatable bonds is 2. The van der Waals surface area contributed by atoms with E-state index >= 15 is 0 Å². The molecule has 90 valence electrons. The lowest BCUT2D eigenvalue weighted by atomic mass is 10.3. The molecule has 0 radical (unpaired) electrons. The van der Waals surface area contributed by atoms with Crippen LogP contribution >= 0.6 is 0 Å². The molecule has 0 aliphatic heterocycles. The molecule has 0 saturated carbocycles. The van der Waals surface area contributed by atoms with Crippen LogP contribution in [-0.2, 0) is 7.05 Å². The smallest absolute Gasteiger partial charge is 0.358 e. The second-order valence-electron chi connectivity index (χ2n) is 3.83. The van der Waals surface area contributed by atoms with Gasteiger partial charge in [0.2, 0.25) is 0 Å². The Hall–Kier alpha value is -2.70. The second-order valence-corrected chi connectivity index (χ2v) is 3.83. The monoisotopic (exact) mass is 243 g/mol. The van der Waals surface area contributed by atoms with Crippen molar-refractivity contribution in [3.05, 3.63) is 46.6 Å². The summed E-state index contributed by atoms with van der Waals surface area (Å²) in [6, 6.07) is 9.42. The molecule has 0 spiro atoms. The highest BCUT2D eigenvalue weighted by Crippen LogP contribution is 2.25. The van der Waals surface area contributed by atoms with Crippen LogP contribution in [0.15, 0.2) is 36.5 Å². The minimum Gasteiger partial charge on any atom is -0.358 e. The molecular formula is C11H9N5O2. The number of nitro groups is 1. The fourth-order valence-electron chi connectivity index (χ4n) is 1.95. The van der Waals surface area contributed by atoms with Gasteiger partial charge in [-0.2, -0.15) is 9.78 Å². The van der Waals surface area contributed by atoms with Gasteiger partial charge in [-0.05, 0) is 17.1 Å². The highest BCUT2D eigenvalue weighted by molar-refractivity contribution is 5.85. The fourth-order valence-corrected chi connectivity index (χ4v) is 1.95. The Bertz CT molecular complexity index is 729. The van der Waals surface area contributed by atoms with Crippen molar-refractivity contribution in [3.63, 3.8) is 0 Å². The molecule has 18 heavy (non-hydrogen) atoms. The van der Waals surface area contributed by atoms with Crippen LogP contribution in [0.4, 0.5) is 5.82 Å². The SMILES string of the molecule is Cn1nc([N+](=O)[O-])c2cnn(-c3ccccc3)c21. The van der Waals surface area contributed by atoms with Crippen molar-refractivity contribution in [3.8, 4) is 5.69 Å². The van der Waals surface area contributed by atoms with Crippen LogP contribution in [0.2, 0.25) is 0 Å². The topological polar surface area (TPSA) is 78.8 Å². The Balaban J connectivity index is 2.30. The molecule has 2 aromatic heterocycles. The van der Waals surface area contributed by atoms with E-state index in [1.165, 1.54) is 10.9 Å². The summed E-state index contributed by atoms with van der Waals surface area (Å²) in [5.41, 5.74) is 1.44. The van der Waals surface area contributed by atoms with Crippen molar-refractivity contribution in [1.82, 2.24) is 19.6 Å². The van der Waals surface area contributed by atoms with Gasteiger partial charge < -0.3 is 10.1 Å². The molecule has 0 unspecified atom stereocenters. The number of nitrogens with zero attached hydrogens (tertiary/aromatic N) is 5. The summed E-state index contributed by atoms with van der Waals surface area (Å²) in [4.78, 5) is 10.4. The molecule has 0 atom stereocenters. The summed E-state index contributed by atoms with van der Waals surface area (Å²) in [7, 11) is 1.66. The molecule has 0 amide bonds. The number of aryl methyl sites for hydroxylation is 1. The maximum absolute atomic E-state index is 10.9. The molecule has 2 heterocycles. The van der Waals surface area contributed by atoms with Crippen molar-refractivity contribution < 1.29 is 4.92 Å². The summed E-state index contributed by atoms with van der Waals surface area (Å²) < 4.78 is 3.10. The highest BCUT2D eigenvalue weighted by atomic mass is 16.6. The van der Waals surface area contributed by atoms with Gasteiger partial charge in [-0.15, -0.1) is 0 Å². The van der Waals surface area contributed by atoms with Crippen molar-refractivity contribution in [2.24, 2.45) is 7.05 Å². The van der Waals surface area contributed by atoms with Gasteiger partial charge in [-0.3, -0.25) is 0 Å². The summed E-state index contributed by atoms with van der Waals surface area (Å²) in [5, 5.41) is 19.4. The van der Waals surface area contributed by atoms with Crippen molar-refractivity contribution in [2.45, 2.75) is 0 Å². The maximum Gasteiger partial charge on any atom is 0.401 e. The second kappa shape index (κ2) is 3.66. The Kier molecular flexibility index (Phi) is 2.12. The average molecular weight is 243 g/mol. The van der Waals surface area contributed by atoms with Gasteiger partial charge in [0, 0.05) is 0 Å². The molecule has 1 aromatic carbocycles. The van der Waals surface area contributed by atoms with Crippen molar-refractivity contribution in [2.75, 3.05) is 0 Å². The quantitative estimate of drug-likeness (QED) is 0.506. The predicted octanol–water partition coefficient (Wildman–Crippen LogP) is 1.67. The van der Waals surface area contributed by atoms with Crippen LogP contribution in [0.1, 0.15) is 0 Å². The van der Waals surface area contributed by atoms with Crippen LogP contribution < -0.4 is 0 Å². The van der Waals surface area contributed by atoms with Gasteiger partial charge in [0.15, 0.2) is 5.65 Å². The summed E-state index contributed by atoms with van der Waals surface area (Å²) in [6.07, 6.45) is 1.47. The summed E-state index contributed by atoms with van der Waals surface area (Å²) >= 11 is 0. The van der Waals surface area contributed by atoms with Crippen LogP contribution in [0.3, 0.4) is 0 Å². The molecular weight excluding hydrogens is 234 g/mol. The number of aromatic nitrogens is 4. The summed E-state index contributed by atoms with van der Waals surface area (Å²) in [6.45, 7) is 0. The van der Waals surface area contributed by atoms with Gasteiger partial charge in [0.25, 0.3) is 0 Å². The molecule has 3 rings (SSSR count). The van der Waals surface area contributed by atoms with Crippen LogP contribution in [0, 0.1) is 10.1 Å². The first-order chi connectivity index (χ1) is 8.68. The van der Waals surface area contributed by atoms with Gasteiger partial charge in [0.05, 0.1) is 24.0 Å². The molecule has 0 bridgehead atoms. The van der Waals surface area contributed by atoms with Gasteiger partial charge >= 0.3 is 5.82 Å². The van der Waals surface area contributed by atoms with Crippen LogP contribution in [0.5, 0.6) is 0 Å². The van der Waals surface area contributed by atoms with E-state index in [0.717, 1.165) is 5.69 Å². The number of fused-ring (bicyclic) bond motifs is 1. The van der Waals surface area contributed by atoms with E-state index in [9.17, 15) is 10.1 Å². The predicted molar refractivity (Wildman–Crippen MR) is 64.5 cm³/mol. The van der Waals surface area contributed by atoms with E-state index in [1.807, 2.05) is 30.3 Å². The lowest BCUT2D eigenvalue weighted by Gasteiger charge is -2.00. The zero-order valence-electron chi connectivity index (χ0n) is 9.52. The molecule has 0 fully saturated rings. The Morgan fingerprint density at radius 1 is 1.28 bits per heavy atom. The molecule has 0 aliphatic rings. The number of hydrogen-bond donors (Lipinski definition) is 0. The summed E-state index contributed by atoms with van der Waals surface area (Å²) in [5.74, 6) is -0.172. The first kappa shape index (κ1) is 10.5. The zero-order valence-corrected chi connectivity index (χ0v) is 9.52. The minimum atomic E-state index is -0.501. The third kappa shape index (κ3) is 1.37. The lowest BCUT2D eigenvalue weighted by Crippen LogP contribution is -2.01. The Labute approximate surface area is 101 Å². The van der Waals surface area contributed by atoms with Crippen LogP contribution in [-0.4, -0.2) is 24.5 Å². The van der Waals surface area contributed by atoms with Crippen LogP contribution in [0.25, 0.3) is 16.7 Å². The van der Waals surface area contributed by atoms with E-state index in [2.05, 4.69) is 10.2 Å². The standard InChI is InChI=1S/C11H9N5O2/c1-14-11-9(10(13-14)16(17)18)7-12-15(11)8-5-3-2-4-6-8/h2-7H,1H3. The highest BCUT2D eigenvalue weighted by Gasteiger charge is 2.24. The maximum atomic E-state index is 10.9. The molecule has 0 saturated heterocycles. The van der Waals surface area contributed by atoms with Gasteiger partial charge in [-0.1, -0.05) is 18.2 Å². The molecule has 7 heteroatoms. The van der Waals surface area contributed by atoms with Crippen molar-refractivity contribution in [1.29, 1.82) is 0 Å².